The number of hydrogen-bond acceptors (Lipinski definition) is 4. The third-order valence-corrected chi connectivity index (χ3v) is 3.90. The van der Waals surface area contributed by atoms with E-state index >= 15 is 0 Å². The van der Waals surface area contributed by atoms with Crippen LogP contribution in [0.15, 0.2) is 36.4 Å². The molecule has 0 aliphatic carbocycles. The molecule has 0 spiro atoms. The summed E-state index contributed by atoms with van der Waals surface area (Å²) in [6.45, 7) is 0.495. The highest BCUT2D eigenvalue weighted by Crippen LogP contribution is 2.38. The second kappa shape index (κ2) is 8.37. The van der Waals surface area contributed by atoms with Gasteiger partial charge in [-0.05, 0) is 48.4 Å². The molecule has 0 saturated carbocycles. The van der Waals surface area contributed by atoms with Gasteiger partial charge in [-0.2, -0.15) is 0 Å². The Hall–Kier alpha value is -2.76. The number of methoxy groups -OCH3 is 3. The molecule has 0 aromatic heterocycles. The van der Waals surface area contributed by atoms with Gasteiger partial charge in [-0.25, -0.2) is 4.39 Å². The van der Waals surface area contributed by atoms with Crippen LogP contribution in [-0.2, 0) is 6.42 Å². The first-order chi connectivity index (χ1) is 12.0. The maximum Gasteiger partial charge on any atom is 0.253 e. The molecule has 0 aliphatic heterocycles. The molecule has 5 nitrogen and oxygen atoms in total. The topological polar surface area (TPSA) is 48.0 Å². The van der Waals surface area contributed by atoms with E-state index in [1.54, 1.807) is 33.3 Å². The SMILES string of the molecule is COc1cc(CCN(C)C(=O)c2ccc(F)cc2)cc(OC)c1OC. The zero-order chi connectivity index (χ0) is 18.4. The average Bonchev–Trinajstić information content (AvgIpc) is 2.64. The Kier molecular flexibility index (Phi) is 6.22. The molecule has 6 heteroatoms. The number of rotatable bonds is 7. The van der Waals surface area contributed by atoms with Crippen LogP contribution in [0.2, 0.25) is 0 Å². The number of hydrogen-bond donors (Lipinski definition) is 0. The van der Waals surface area contributed by atoms with Crippen molar-refractivity contribution in [3.05, 3.63) is 53.3 Å². The standard InChI is InChI=1S/C19H22FNO4/c1-21(19(22)14-5-7-15(20)8-6-14)10-9-13-11-16(23-2)18(25-4)17(12-13)24-3/h5-8,11-12H,9-10H2,1-4H3. The summed E-state index contributed by atoms with van der Waals surface area (Å²) < 4.78 is 28.9. The second-order valence-corrected chi connectivity index (χ2v) is 5.52. The summed E-state index contributed by atoms with van der Waals surface area (Å²) in [5.41, 5.74) is 1.40. The van der Waals surface area contributed by atoms with E-state index in [-0.39, 0.29) is 11.7 Å². The highest BCUT2D eigenvalue weighted by atomic mass is 19.1. The lowest BCUT2D eigenvalue weighted by Crippen LogP contribution is -2.28. The molecule has 134 valence electrons. The van der Waals surface area contributed by atoms with Gasteiger partial charge < -0.3 is 19.1 Å². The van der Waals surface area contributed by atoms with E-state index in [0.717, 1.165) is 5.56 Å². The lowest BCUT2D eigenvalue weighted by atomic mass is 10.1. The maximum atomic E-state index is 13.0. The molecule has 0 unspecified atom stereocenters. The molecule has 25 heavy (non-hydrogen) atoms. The number of nitrogens with zero attached hydrogens (tertiary/aromatic N) is 1. The van der Waals surface area contributed by atoms with E-state index in [9.17, 15) is 9.18 Å². The molecule has 1 amide bonds. The van der Waals surface area contributed by atoms with Crippen LogP contribution >= 0.6 is 0 Å². The van der Waals surface area contributed by atoms with Crippen molar-refractivity contribution in [1.29, 1.82) is 0 Å². The molecule has 2 rings (SSSR count). The summed E-state index contributed by atoms with van der Waals surface area (Å²) in [5.74, 6) is 1.15. The van der Waals surface area contributed by atoms with Gasteiger partial charge in [-0.3, -0.25) is 4.79 Å². The Labute approximate surface area is 146 Å². The first-order valence-electron chi connectivity index (χ1n) is 7.80. The smallest absolute Gasteiger partial charge is 0.253 e. The minimum Gasteiger partial charge on any atom is -0.493 e. The van der Waals surface area contributed by atoms with Gasteiger partial charge in [0.1, 0.15) is 5.82 Å². The Bertz CT molecular complexity index is 706. The Balaban J connectivity index is 2.09. The quantitative estimate of drug-likeness (QED) is 0.772. The lowest BCUT2D eigenvalue weighted by Gasteiger charge is -2.18. The van der Waals surface area contributed by atoms with Gasteiger partial charge in [0, 0.05) is 19.2 Å². The maximum absolute atomic E-state index is 13.0. The van der Waals surface area contributed by atoms with Crippen molar-refractivity contribution in [2.45, 2.75) is 6.42 Å². The van der Waals surface area contributed by atoms with Gasteiger partial charge in [0.25, 0.3) is 5.91 Å². The predicted molar refractivity (Wildman–Crippen MR) is 93.2 cm³/mol. The van der Waals surface area contributed by atoms with Crippen LogP contribution in [0.1, 0.15) is 15.9 Å². The van der Waals surface area contributed by atoms with Crippen LogP contribution in [0.25, 0.3) is 0 Å². The summed E-state index contributed by atoms with van der Waals surface area (Å²) in [4.78, 5) is 14.0. The van der Waals surface area contributed by atoms with E-state index in [0.29, 0.717) is 35.8 Å². The van der Waals surface area contributed by atoms with E-state index in [4.69, 9.17) is 14.2 Å². The normalized spacial score (nSPS) is 10.3. The second-order valence-electron chi connectivity index (χ2n) is 5.52. The lowest BCUT2D eigenvalue weighted by molar-refractivity contribution is 0.0796. The van der Waals surface area contributed by atoms with Gasteiger partial charge in [0.2, 0.25) is 5.75 Å². The van der Waals surface area contributed by atoms with Crippen LogP contribution in [-0.4, -0.2) is 45.7 Å². The van der Waals surface area contributed by atoms with Crippen LogP contribution in [0.3, 0.4) is 0 Å². The fraction of sp³-hybridized carbons (Fsp3) is 0.316. The van der Waals surface area contributed by atoms with Crippen molar-refractivity contribution < 1.29 is 23.4 Å². The van der Waals surface area contributed by atoms with Crippen molar-refractivity contribution >= 4 is 5.91 Å². The molecule has 0 bridgehead atoms. The van der Waals surface area contributed by atoms with Gasteiger partial charge in [-0.15, -0.1) is 0 Å². The van der Waals surface area contributed by atoms with Crippen LogP contribution in [0, 0.1) is 5.82 Å². The third-order valence-electron chi connectivity index (χ3n) is 3.90. The third kappa shape index (κ3) is 4.41. The molecular formula is C19H22FNO4. The summed E-state index contributed by atoms with van der Waals surface area (Å²) in [6.07, 6.45) is 0.611. The molecular weight excluding hydrogens is 325 g/mol. The number of ether oxygens (including phenoxy) is 3. The highest BCUT2D eigenvalue weighted by Gasteiger charge is 2.15. The molecule has 0 heterocycles. The van der Waals surface area contributed by atoms with Crippen molar-refractivity contribution in [2.75, 3.05) is 34.9 Å². The van der Waals surface area contributed by atoms with Crippen LogP contribution < -0.4 is 14.2 Å². The fourth-order valence-electron chi connectivity index (χ4n) is 2.49. The number of halogens is 1. The summed E-state index contributed by atoms with van der Waals surface area (Å²) in [7, 11) is 6.38. The van der Waals surface area contributed by atoms with Gasteiger partial charge in [0.05, 0.1) is 21.3 Å². The minimum atomic E-state index is -0.364. The van der Waals surface area contributed by atoms with Crippen molar-refractivity contribution in [1.82, 2.24) is 4.90 Å². The molecule has 0 radical (unpaired) electrons. The molecule has 2 aromatic carbocycles. The number of carbonyl (C=O) groups is 1. The summed E-state index contributed by atoms with van der Waals surface area (Å²) >= 11 is 0. The van der Waals surface area contributed by atoms with E-state index in [1.807, 2.05) is 12.1 Å². The molecule has 0 N–H and O–H groups in total. The zero-order valence-electron chi connectivity index (χ0n) is 14.8. The molecule has 0 atom stereocenters. The number of carbonyl (C=O) groups excluding carboxylic acids is 1. The first kappa shape index (κ1) is 18.6. The minimum absolute atomic E-state index is 0.160. The number of likely N-dealkylation sites (N-methyl/N-ethyl adjacent to an activating group) is 1. The highest BCUT2D eigenvalue weighted by molar-refractivity contribution is 5.94. The van der Waals surface area contributed by atoms with Crippen molar-refractivity contribution in [3.8, 4) is 17.2 Å². The van der Waals surface area contributed by atoms with Gasteiger partial charge >= 0.3 is 0 Å². The predicted octanol–water partition coefficient (Wildman–Crippen LogP) is 3.17. The van der Waals surface area contributed by atoms with Crippen molar-refractivity contribution in [2.24, 2.45) is 0 Å². The van der Waals surface area contributed by atoms with Crippen molar-refractivity contribution in [3.63, 3.8) is 0 Å². The van der Waals surface area contributed by atoms with Gasteiger partial charge in [0.15, 0.2) is 11.5 Å². The Morgan fingerprint density at radius 1 is 1.00 bits per heavy atom. The van der Waals surface area contributed by atoms with E-state index < -0.39 is 0 Å². The van der Waals surface area contributed by atoms with Crippen LogP contribution in [0.4, 0.5) is 4.39 Å². The Morgan fingerprint density at radius 2 is 1.56 bits per heavy atom. The molecule has 2 aromatic rings. The summed E-state index contributed by atoms with van der Waals surface area (Å²) in [6, 6.07) is 9.23. The molecule has 0 aliphatic rings. The molecule has 0 saturated heterocycles. The number of amides is 1. The average molecular weight is 347 g/mol. The first-order valence-corrected chi connectivity index (χ1v) is 7.80. The molecule has 0 fully saturated rings. The zero-order valence-corrected chi connectivity index (χ0v) is 14.8. The fourth-order valence-corrected chi connectivity index (χ4v) is 2.49. The van der Waals surface area contributed by atoms with E-state index in [1.165, 1.54) is 24.3 Å². The Morgan fingerprint density at radius 3 is 2.04 bits per heavy atom. The van der Waals surface area contributed by atoms with E-state index in [2.05, 4.69) is 0 Å². The van der Waals surface area contributed by atoms with Gasteiger partial charge in [-0.1, -0.05) is 0 Å². The monoisotopic (exact) mass is 347 g/mol. The van der Waals surface area contributed by atoms with Crippen LogP contribution in [0.5, 0.6) is 17.2 Å². The number of benzene rings is 2. The largest absolute Gasteiger partial charge is 0.493 e. The summed E-state index contributed by atoms with van der Waals surface area (Å²) in [5, 5.41) is 0.